The van der Waals surface area contributed by atoms with E-state index in [4.69, 9.17) is 0 Å². The van der Waals surface area contributed by atoms with Crippen LogP contribution in [0.1, 0.15) is 75.4 Å². The van der Waals surface area contributed by atoms with Crippen LogP contribution in [0.25, 0.3) is 24.3 Å². The second kappa shape index (κ2) is 16.1. The maximum Gasteiger partial charge on any atom is -0.0227 e. The molecule has 0 spiro atoms. The number of hydrogen-bond donors (Lipinski definition) is 0. The van der Waals surface area contributed by atoms with Crippen molar-refractivity contribution < 1.29 is 0 Å². The fraction of sp³-hybridized carbons (Fsp3) is 0.154. The van der Waals surface area contributed by atoms with E-state index < -0.39 is 0 Å². The first-order valence-corrected chi connectivity index (χ1v) is 18.7. The molecule has 10 rings (SSSR count). The highest BCUT2D eigenvalue weighted by Crippen LogP contribution is 2.40. The Bertz CT molecular complexity index is 2170. The molecule has 4 aromatic rings. The van der Waals surface area contributed by atoms with Crippen LogP contribution in [0.15, 0.2) is 156 Å². The number of allylic oxidation sites excluding steroid dienone is 12. The monoisotopic (exact) mass is 672 g/mol. The highest BCUT2D eigenvalue weighted by atomic mass is 14.3. The van der Waals surface area contributed by atoms with Gasteiger partial charge in [0.2, 0.25) is 0 Å². The number of rotatable bonds is 8. The third-order valence-electron chi connectivity index (χ3n) is 10.7. The van der Waals surface area contributed by atoms with E-state index in [9.17, 15) is 0 Å². The average Bonchev–Trinajstić information content (AvgIpc) is 3.15. The SMILES string of the molecule is Cc1ccccc1C=CC1=C[C-]2CCc3cc(/C=C\c4ccccc4C)c(cc3[CH-]/C=C3\C=CC=C[C-]3C)CC[C-]1C=C2/C=C\c1ccccc1C. The summed E-state index contributed by atoms with van der Waals surface area (Å²) in [7, 11) is 0. The predicted octanol–water partition coefficient (Wildman–Crippen LogP) is 13.3. The van der Waals surface area contributed by atoms with Crippen molar-refractivity contribution in [2.45, 2.75) is 53.4 Å². The lowest BCUT2D eigenvalue weighted by atomic mass is 9.76. The Morgan fingerprint density at radius 2 is 1.06 bits per heavy atom. The lowest BCUT2D eigenvalue weighted by Gasteiger charge is -2.43. The lowest BCUT2D eigenvalue weighted by Crippen LogP contribution is -2.13. The van der Waals surface area contributed by atoms with Crippen molar-refractivity contribution in [2.75, 3.05) is 0 Å². The third kappa shape index (κ3) is 8.25. The summed E-state index contributed by atoms with van der Waals surface area (Å²) in [5.74, 6) is 4.06. The first-order chi connectivity index (χ1) is 25.4. The summed E-state index contributed by atoms with van der Waals surface area (Å²) in [6.45, 7) is 8.77. The van der Waals surface area contributed by atoms with E-state index in [1.807, 2.05) is 0 Å². The first kappa shape index (κ1) is 34.7. The van der Waals surface area contributed by atoms with E-state index >= 15 is 0 Å². The fourth-order valence-corrected chi connectivity index (χ4v) is 7.29. The molecule has 0 nitrogen and oxygen atoms in total. The van der Waals surface area contributed by atoms with E-state index in [-0.39, 0.29) is 0 Å². The lowest BCUT2D eigenvalue weighted by molar-refractivity contribution is 0.829. The van der Waals surface area contributed by atoms with Crippen LogP contribution >= 0.6 is 0 Å². The van der Waals surface area contributed by atoms with Crippen LogP contribution in [0.3, 0.4) is 0 Å². The van der Waals surface area contributed by atoms with Crippen LogP contribution < -0.4 is 0 Å². The van der Waals surface area contributed by atoms with Gasteiger partial charge in [0.15, 0.2) is 0 Å². The van der Waals surface area contributed by atoms with Gasteiger partial charge < -0.3 is 0 Å². The van der Waals surface area contributed by atoms with Crippen molar-refractivity contribution in [1.82, 2.24) is 0 Å². The minimum Gasteiger partial charge on any atom is -0.227 e. The minimum atomic E-state index is 0.949. The largest absolute Gasteiger partial charge is 0.227 e. The second-order valence-corrected chi connectivity index (χ2v) is 14.3. The smallest absolute Gasteiger partial charge is 0.0227 e. The third-order valence-corrected chi connectivity index (χ3v) is 10.7. The predicted molar refractivity (Wildman–Crippen MR) is 225 cm³/mol. The van der Waals surface area contributed by atoms with Gasteiger partial charge >= 0.3 is 0 Å². The van der Waals surface area contributed by atoms with E-state index in [0.29, 0.717) is 0 Å². The molecule has 6 aliphatic rings. The zero-order valence-corrected chi connectivity index (χ0v) is 31.0. The normalized spacial score (nSPS) is 16.7. The zero-order valence-electron chi connectivity index (χ0n) is 31.0. The fourth-order valence-electron chi connectivity index (χ4n) is 7.29. The highest BCUT2D eigenvalue weighted by Gasteiger charge is 2.12. The van der Waals surface area contributed by atoms with Crippen LogP contribution in [-0.4, -0.2) is 0 Å². The van der Waals surface area contributed by atoms with Gasteiger partial charge in [-0.25, -0.2) is 46.8 Å². The quantitative estimate of drug-likeness (QED) is 0.129. The van der Waals surface area contributed by atoms with Crippen molar-refractivity contribution in [2.24, 2.45) is 0 Å². The molecular weight excluding hydrogens is 625 g/mol. The van der Waals surface area contributed by atoms with Gasteiger partial charge in [0.25, 0.3) is 0 Å². The van der Waals surface area contributed by atoms with Gasteiger partial charge in [0, 0.05) is 0 Å². The van der Waals surface area contributed by atoms with Crippen LogP contribution in [0.4, 0.5) is 0 Å². The Balaban J connectivity index is 1.29. The van der Waals surface area contributed by atoms with Crippen LogP contribution in [0.2, 0.25) is 0 Å². The van der Waals surface area contributed by atoms with Gasteiger partial charge in [-0.1, -0.05) is 123 Å². The second-order valence-electron chi connectivity index (χ2n) is 14.3. The molecule has 6 aliphatic carbocycles. The summed E-state index contributed by atoms with van der Waals surface area (Å²) in [5.41, 5.74) is 17.0. The summed E-state index contributed by atoms with van der Waals surface area (Å²) in [6, 6.07) is 30.9. The molecule has 0 saturated heterocycles. The molecule has 0 radical (unpaired) electrons. The average molecular weight is 673 g/mol. The summed E-state index contributed by atoms with van der Waals surface area (Å²) in [4.78, 5) is 0. The molecule has 0 heteroatoms. The topological polar surface area (TPSA) is 0 Å². The molecule has 0 aliphatic heterocycles. The number of aryl methyl sites for hydroxylation is 5. The summed E-state index contributed by atoms with van der Waals surface area (Å²) in [6.07, 6.45) is 36.0. The Morgan fingerprint density at radius 1 is 0.558 bits per heavy atom. The van der Waals surface area contributed by atoms with Crippen molar-refractivity contribution in [1.29, 1.82) is 0 Å². The van der Waals surface area contributed by atoms with Crippen molar-refractivity contribution in [3.8, 4) is 0 Å². The van der Waals surface area contributed by atoms with Gasteiger partial charge in [-0.15, -0.1) is 29.9 Å². The maximum atomic E-state index is 2.47. The number of hydrogen-bond acceptors (Lipinski definition) is 0. The molecule has 0 aromatic heterocycles. The van der Waals surface area contributed by atoms with Crippen LogP contribution in [-0.2, 0) is 12.8 Å². The molecule has 0 fully saturated rings. The molecule has 0 heterocycles. The Kier molecular flexibility index (Phi) is 10.7. The molecule has 52 heavy (non-hydrogen) atoms. The molecule has 260 valence electrons. The van der Waals surface area contributed by atoms with Gasteiger partial charge in [-0.3, -0.25) is 0 Å². The Labute approximate surface area is 312 Å². The van der Waals surface area contributed by atoms with E-state index in [0.717, 1.165) is 25.7 Å². The molecule has 0 unspecified atom stereocenters. The molecule has 4 bridgehead atoms. The van der Waals surface area contributed by atoms with Gasteiger partial charge in [-0.05, 0) is 66.1 Å². The molecular formula is C52H48-4. The molecule has 0 N–H and O–H groups in total. The van der Waals surface area contributed by atoms with E-state index in [2.05, 4.69) is 198 Å². The van der Waals surface area contributed by atoms with Gasteiger partial charge in [0.05, 0.1) is 0 Å². The van der Waals surface area contributed by atoms with Crippen LogP contribution in [0, 0.1) is 44.9 Å². The number of benzene rings is 4. The molecule has 0 atom stereocenters. The zero-order chi connectivity index (χ0) is 35.9. The summed E-state index contributed by atoms with van der Waals surface area (Å²) < 4.78 is 0. The molecule has 4 aromatic carbocycles. The Hall–Kier alpha value is -5.72. The van der Waals surface area contributed by atoms with E-state index in [1.165, 1.54) is 90.1 Å². The summed E-state index contributed by atoms with van der Waals surface area (Å²) in [5, 5.41) is 0. The minimum absolute atomic E-state index is 0.949. The van der Waals surface area contributed by atoms with Crippen molar-refractivity contribution in [3.05, 3.63) is 236 Å². The van der Waals surface area contributed by atoms with Crippen LogP contribution in [0.5, 0.6) is 0 Å². The maximum absolute atomic E-state index is 2.47. The van der Waals surface area contributed by atoms with Gasteiger partial charge in [-0.2, -0.15) is 48.3 Å². The molecule has 0 saturated carbocycles. The van der Waals surface area contributed by atoms with E-state index in [1.54, 1.807) is 0 Å². The summed E-state index contributed by atoms with van der Waals surface area (Å²) >= 11 is 0. The molecule has 0 amide bonds. The highest BCUT2D eigenvalue weighted by molar-refractivity contribution is 5.74. The van der Waals surface area contributed by atoms with Gasteiger partial charge in [0.1, 0.15) is 0 Å². The van der Waals surface area contributed by atoms with Crippen molar-refractivity contribution >= 4 is 24.3 Å². The Morgan fingerprint density at radius 3 is 1.60 bits per heavy atom. The van der Waals surface area contributed by atoms with Crippen molar-refractivity contribution in [3.63, 3.8) is 0 Å². The standard InChI is InChI=1S/C52H48/c1-37-13-5-9-17-41(37)21-25-45-33-50-31-32-52-36-47(27-23-43-19-11-7-15-39(43)3)51(35-48(52)28-24-44-20-12-8-16-40(44)4)30-29-49(45)34-46(50)26-22-42-18-10-6-14-38(42)2/h5-28,33-36H,29-32H2,1-4H3/q-4/b25-21-,26-22?,28-24-,43-23+. The first-order valence-electron chi connectivity index (χ1n) is 18.7.